The molecule has 1 saturated heterocycles. The van der Waals surface area contributed by atoms with E-state index in [-0.39, 0.29) is 16.8 Å². The molecular formula is C15H21FN2O3S. The maximum Gasteiger partial charge on any atom is 0.243 e. The van der Waals surface area contributed by atoms with Crippen molar-refractivity contribution in [1.29, 1.82) is 0 Å². The molecule has 1 aliphatic rings. The SMILES string of the molecule is CCC(=O)NC1CCN(S(=O)(=O)c2ccc(F)cc2C)CC1. The Bertz CT molecular complexity index is 653. The molecule has 0 spiro atoms. The number of piperidine rings is 1. The number of hydrogen-bond donors (Lipinski definition) is 1. The molecule has 7 heteroatoms. The monoisotopic (exact) mass is 328 g/mol. The molecule has 5 nitrogen and oxygen atoms in total. The van der Waals surface area contributed by atoms with Crippen molar-refractivity contribution >= 4 is 15.9 Å². The Hall–Kier alpha value is -1.47. The lowest BCUT2D eigenvalue weighted by atomic mass is 10.1. The molecule has 122 valence electrons. The van der Waals surface area contributed by atoms with Crippen LogP contribution in [0.3, 0.4) is 0 Å². The molecule has 22 heavy (non-hydrogen) atoms. The Morgan fingerprint density at radius 1 is 1.36 bits per heavy atom. The van der Waals surface area contributed by atoms with Gasteiger partial charge in [-0.05, 0) is 43.5 Å². The lowest BCUT2D eigenvalue weighted by molar-refractivity contribution is -0.121. The van der Waals surface area contributed by atoms with E-state index in [2.05, 4.69) is 5.32 Å². The number of hydrogen-bond acceptors (Lipinski definition) is 3. The summed E-state index contributed by atoms with van der Waals surface area (Å²) in [7, 11) is -3.61. The fraction of sp³-hybridized carbons (Fsp3) is 0.533. The third-order valence-corrected chi connectivity index (χ3v) is 5.95. The molecule has 1 fully saturated rings. The molecule has 0 aromatic heterocycles. The van der Waals surface area contributed by atoms with Crippen LogP contribution in [0.15, 0.2) is 23.1 Å². The fourth-order valence-corrected chi connectivity index (χ4v) is 4.29. The van der Waals surface area contributed by atoms with E-state index in [1.54, 1.807) is 13.8 Å². The highest BCUT2D eigenvalue weighted by atomic mass is 32.2. The van der Waals surface area contributed by atoms with Gasteiger partial charge in [0.15, 0.2) is 0 Å². The predicted molar refractivity (Wildman–Crippen MR) is 81.4 cm³/mol. The number of rotatable bonds is 4. The van der Waals surface area contributed by atoms with E-state index in [4.69, 9.17) is 0 Å². The first-order valence-corrected chi connectivity index (χ1v) is 8.84. The summed E-state index contributed by atoms with van der Waals surface area (Å²) in [5, 5.41) is 2.89. The zero-order chi connectivity index (χ0) is 16.3. The Balaban J connectivity index is 2.08. The highest BCUT2D eigenvalue weighted by Gasteiger charge is 2.30. The predicted octanol–water partition coefficient (Wildman–Crippen LogP) is 1.81. The van der Waals surface area contributed by atoms with Gasteiger partial charge in [0.2, 0.25) is 15.9 Å². The first-order valence-electron chi connectivity index (χ1n) is 7.40. The molecular weight excluding hydrogens is 307 g/mol. The molecule has 1 N–H and O–H groups in total. The van der Waals surface area contributed by atoms with Crippen LogP contribution in [-0.2, 0) is 14.8 Å². The number of sulfonamides is 1. The number of halogens is 1. The Morgan fingerprint density at radius 2 is 2.00 bits per heavy atom. The van der Waals surface area contributed by atoms with Gasteiger partial charge in [0.1, 0.15) is 5.82 Å². The van der Waals surface area contributed by atoms with Gasteiger partial charge in [-0.25, -0.2) is 12.8 Å². The number of nitrogens with one attached hydrogen (secondary N) is 1. The second-order valence-electron chi connectivity index (χ2n) is 5.51. The van der Waals surface area contributed by atoms with Crippen LogP contribution in [0.5, 0.6) is 0 Å². The molecule has 0 unspecified atom stereocenters. The first-order chi connectivity index (χ1) is 10.3. The van der Waals surface area contributed by atoms with Gasteiger partial charge in [0, 0.05) is 25.6 Å². The summed E-state index contributed by atoms with van der Waals surface area (Å²) < 4.78 is 39.8. The highest BCUT2D eigenvalue weighted by molar-refractivity contribution is 7.89. The second kappa shape index (κ2) is 6.75. The summed E-state index contributed by atoms with van der Waals surface area (Å²) in [6.45, 7) is 4.08. The first kappa shape index (κ1) is 16.9. The van der Waals surface area contributed by atoms with Gasteiger partial charge in [0.25, 0.3) is 0 Å². The van der Waals surface area contributed by atoms with Crippen molar-refractivity contribution < 1.29 is 17.6 Å². The molecule has 1 amide bonds. The van der Waals surface area contributed by atoms with E-state index in [9.17, 15) is 17.6 Å². The summed E-state index contributed by atoms with van der Waals surface area (Å²) >= 11 is 0. The van der Waals surface area contributed by atoms with Crippen molar-refractivity contribution in [3.8, 4) is 0 Å². The number of nitrogens with zero attached hydrogens (tertiary/aromatic N) is 1. The molecule has 0 saturated carbocycles. The molecule has 2 rings (SSSR count). The summed E-state index contributed by atoms with van der Waals surface area (Å²) in [4.78, 5) is 11.5. The lowest BCUT2D eigenvalue weighted by Gasteiger charge is -2.31. The molecule has 1 aliphatic heterocycles. The van der Waals surface area contributed by atoms with Crippen molar-refractivity contribution in [2.24, 2.45) is 0 Å². The van der Waals surface area contributed by atoms with Crippen LogP contribution in [0.2, 0.25) is 0 Å². The highest BCUT2D eigenvalue weighted by Crippen LogP contribution is 2.24. The largest absolute Gasteiger partial charge is 0.353 e. The van der Waals surface area contributed by atoms with Crippen molar-refractivity contribution in [2.45, 2.75) is 44.0 Å². The number of aryl methyl sites for hydroxylation is 1. The van der Waals surface area contributed by atoms with Crippen LogP contribution in [0.25, 0.3) is 0 Å². The second-order valence-corrected chi connectivity index (χ2v) is 7.42. The number of carbonyl (C=O) groups is 1. The Morgan fingerprint density at radius 3 is 2.55 bits per heavy atom. The van der Waals surface area contributed by atoms with Gasteiger partial charge in [-0.1, -0.05) is 6.92 Å². The van der Waals surface area contributed by atoms with Gasteiger partial charge < -0.3 is 5.32 Å². The van der Waals surface area contributed by atoms with Crippen LogP contribution in [-0.4, -0.2) is 37.8 Å². The fourth-order valence-electron chi connectivity index (χ4n) is 2.61. The van der Waals surface area contributed by atoms with Gasteiger partial charge >= 0.3 is 0 Å². The smallest absolute Gasteiger partial charge is 0.243 e. The van der Waals surface area contributed by atoms with Crippen LogP contribution in [0, 0.1) is 12.7 Å². The zero-order valence-corrected chi connectivity index (χ0v) is 13.6. The molecule has 0 radical (unpaired) electrons. The van der Waals surface area contributed by atoms with Crippen LogP contribution < -0.4 is 5.32 Å². The van der Waals surface area contributed by atoms with Crippen molar-refractivity contribution in [3.63, 3.8) is 0 Å². The minimum Gasteiger partial charge on any atom is -0.353 e. The Kier molecular flexibility index (Phi) is 5.18. The molecule has 1 aromatic carbocycles. The Labute approximate surface area is 130 Å². The lowest BCUT2D eigenvalue weighted by Crippen LogP contribution is -2.46. The minimum absolute atomic E-state index is 0.0179. The standard InChI is InChI=1S/C15H21FN2O3S/c1-3-15(19)17-13-6-8-18(9-7-13)22(20,21)14-5-4-12(16)10-11(14)2/h4-5,10,13H,3,6-9H2,1-2H3,(H,17,19). The van der Waals surface area contributed by atoms with Crippen LogP contribution in [0.1, 0.15) is 31.7 Å². The van der Waals surface area contributed by atoms with E-state index < -0.39 is 15.8 Å². The summed E-state index contributed by atoms with van der Waals surface area (Å²) in [5.41, 5.74) is 0.404. The van der Waals surface area contributed by atoms with Crippen molar-refractivity contribution in [3.05, 3.63) is 29.6 Å². The van der Waals surface area contributed by atoms with Gasteiger partial charge in [0.05, 0.1) is 4.90 Å². The summed E-state index contributed by atoms with van der Waals surface area (Å²) in [6, 6.07) is 3.72. The third-order valence-electron chi connectivity index (χ3n) is 3.89. The maximum absolute atomic E-state index is 13.1. The van der Waals surface area contributed by atoms with Gasteiger partial charge in [-0.3, -0.25) is 4.79 Å². The number of benzene rings is 1. The number of carbonyl (C=O) groups excluding carboxylic acids is 1. The molecule has 0 aliphatic carbocycles. The maximum atomic E-state index is 13.1. The minimum atomic E-state index is -3.61. The average molecular weight is 328 g/mol. The van der Waals surface area contributed by atoms with Crippen LogP contribution >= 0.6 is 0 Å². The van der Waals surface area contributed by atoms with E-state index >= 15 is 0 Å². The van der Waals surface area contributed by atoms with Crippen molar-refractivity contribution in [1.82, 2.24) is 9.62 Å². The van der Waals surface area contributed by atoms with E-state index in [1.165, 1.54) is 16.4 Å². The number of amides is 1. The molecule has 0 atom stereocenters. The molecule has 1 heterocycles. The zero-order valence-electron chi connectivity index (χ0n) is 12.8. The summed E-state index contributed by atoms with van der Waals surface area (Å²) in [6.07, 6.45) is 1.60. The van der Waals surface area contributed by atoms with E-state index in [0.717, 1.165) is 6.07 Å². The van der Waals surface area contributed by atoms with Crippen molar-refractivity contribution in [2.75, 3.05) is 13.1 Å². The van der Waals surface area contributed by atoms with E-state index in [1.807, 2.05) is 0 Å². The quantitative estimate of drug-likeness (QED) is 0.917. The van der Waals surface area contributed by atoms with Crippen LogP contribution in [0.4, 0.5) is 4.39 Å². The van der Waals surface area contributed by atoms with E-state index in [0.29, 0.717) is 37.9 Å². The normalized spacial score (nSPS) is 17.4. The topological polar surface area (TPSA) is 66.5 Å². The molecule has 0 bridgehead atoms. The summed E-state index contributed by atoms with van der Waals surface area (Å²) in [5.74, 6) is -0.465. The average Bonchev–Trinajstić information content (AvgIpc) is 2.47. The van der Waals surface area contributed by atoms with Gasteiger partial charge in [-0.15, -0.1) is 0 Å². The third kappa shape index (κ3) is 3.64. The molecule has 1 aromatic rings. The van der Waals surface area contributed by atoms with Gasteiger partial charge in [-0.2, -0.15) is 4.31 Å².